The molecule has 0 aliphatic rings. The maximum atomic E-state index is 11.9. The van der Waals surface area contributed by atoms with Crippen molar-refractivity contribution in [2.24, 2.45) is 5.92 Å². The molecular formula is C13H17NO3S. The molecule has 4 nitrogen and oxygen atoms in total. The van der Waals surface area contributed by atoms with Gasteiger partial charge in [-0.05, 0) is 30.5 Å². The molecule has 0 saturated carbocycles. The van der Waals surface area contributed by atoms with Crippen molar-refractivity contribution in [2.45, 2.75) is 18.2 Å². The third kappa shape index (κ3) is 3.77. The molecule has 0 fully saturated rings. The van der Waals surface area contributed by atoms with Crippen LogP contribution in [0.3, 0.4) is 0 Å². The third-order valence-electron chi connectivity index (χ3n) is 2.74. The van der Waals surface area contributed by atoms with Gasteiger partial charge >= 0.3 is 5.97 Å². The van der Waals surface area contributed by atoms with Crippen LogP contribution in [0.1, 0.15) is 13.3 Å². The zero-order valence-electron chi connectivity index (χ0n) is 10.7. The molecule has 0 heterocycles. The second-order valence-electron chi connectivity index (χ2n) is 4.09. The maximum absolute atomic E-state index is 11.9. The lowest BCUT2D eigenvalue weighted by Gasteiger charge is -2.18. The van der Waals surface area contributed by atoms with Gasteiger partial charge in [0.05, 0.1) is 5.92 Å². The minimum Gasteiger partial charge on any atom is -0.481 e. The predicted molar refractivity (Wildman–Crippen MR) is 73.0 cm³/mol. The number of anilines is 1. The molecule has 1 atom stereocenters. The summed E-state index contributed by atoms with van der Waals surface area (Å²) >= 11 is 1.63. The highest BCUT2D eigenvalue weighted by Gasteiger charge is 2.19. The number of amides is 1. The van der Waals surface area contributed by atoms with E-state index in [1.807, 2.05) is 30.5 Å². The van der Waals surface area contributed by atoms with Gasteiger partial charge in [0.25, 0.3) is 0 Å². The first kappa shape index (κ1) is 14.6. The summed E-state index contributed by atoms with van der Waals surface area (Å²) in [4.78, 5) is 25.2. The summed E-state index contributed by atoms with van der Waals surface area (Å²) in [6.07, 6.45) is 1.99. The predicted octanol–water partition coefficient (Wildman–Crippen LogP) is 2.48. The Morgan fingerprint density at radius 1 is 1.33 bits per heavy atom. The number of thioether (sulfide) groups is 1. The first-order valence-electron chi connectivity index (χ1n) is 5.59. The molecule has 1 N–H and O–H groups in total. The lowest BCUT2D eigenvalue weighted by Crippen LogP contribution is -2.29. The van der Waals surface area contributed by atoms with Crippen LogP contribution >= 0.6 is 11.8 Å². The summed E-state index contributed by atoms with van der Waals surface area (Å²) in [7, 11) is 1.66. The van der Waals surface area contributed by atoms with Gasteiger partial charge in [-0.2, -0.15) is 0 Å². The topological polar surface area (TPSA) is 57.6 Å². The molecule has 98 valence electrons. The summed E-state index contributed by atoms with van der Waals surface area (Å²) in [6, 6.07) is 7.58. The van der Waals surface area contributed by atoms with E-state index < -0.39 is 11.9 Å². The highest BCUT2D eigenvalue weighted by Crippen LogP contribution is 2.20. The van der Waals surface area contributed by atoms with E-state index in [1.165, 1.54) is 11.8 Å². The summed E-state index contributed by atoms with van der Waals surface area (Å²) in [5.74, 6) is -1.80. The monoisotopic (exact) mass is 267 g/mol. The van der Waals surface area contributed by atoms with Gasteiger partial charge in [0.1, 0.15) is 0 Å². The number of carboxylic acid groups (broad SMARTS) is 1. The van der Waals surface area contributed by atoms with Crippen molar-refractivity contribution < 1.29 is 14.7 Å². The highest BCUT2D eigenvalue weighted by atomic mass is 32.2. The summed E-state index contributed by atoms with van der Waals surface area (Å²) in [6.45, 7) is 1.53. The number of hydrogen-bond donors (Lipinski definition) is 1. The van der Waals surface area contributed by atoms with E-state index in [4.69, 9.17) is 5.11 Å². The van der Waals surface area contributed by atoms with Gasteiger partial charge in [-0.25, -0.2) is 0 Å². The van der Waals surface area contributed by atoms with Crippen LogP contribution in [0.5, 0.6) is 0 Å². The van der Waals surface area contributed by atoms with E-state index in [-0.39, 0.29) is 12.3 Å². The maximum Gasteiger partial charge on any atom is 0.306 e. The average Bonchev–Trinajstić information content (AvgIpc) is 2.37. The largest absolute Gasteiger partial charge is 0.481 e. The minimum atomic E-state index is -0.950. The van der Waals surface area contributed by atoms with Crippen LogP contribution in [0.15, 0.2) is 29.2 Å². The number of carbonyl (C=O) groups excluding carboxylic acids is 1. The molecule has 18 heavy (non-hydrogen) atoms. The van der Waals surface area contributed by atoms with Gasteiger partial charge in [-0.15, -0.1) is 11.8 Å². The summed E-state index contributed by atoms with van der Waals surface area (Å²) in [5, 5.41) is 8.78. The van der Waals surface area contributed by atoms with Crippen LogP contribution < -0.4 is 4.90 Å². The van der Waals surface area contributed by atoms with E-state index in [0.29, 0.717) is 0 Å². The van der Waals surface area contributed by atoms with E-state index in [9.17, 15) is 9.59 Å². The Kier molecular flexibility index (Phi) is 5.22. The molecule has 0 aliphatic heterocycles. The molecule has 1 aromatic rings. The van der Waals surface area contributed by atoms with Crippen molar-refractivity contribution >= 4 is 29.3 Å². The minimum absolute atomic E-state index is 0.0100. The van der Waals surface area contributed by atoms with Crippen LogP contribution in [0, 0.1) is 5.92 Å². The van der Waals surface area contributed by atoms with Crippen molar-refractivity contribution in [1.82, 2.24) is 0 Å². The third-order valence-corrected chi connectivity index (χ3v) is 3.48. The fourth-order valence-corrected chi connectivity index (χ4v) is 1.84. The lowest BCUT2D eigenvalue weighted by atomic mass is 10.1. The van der Waals surface area contributed by atoms with Gasteiger partial charge in [0.2, 0.25) is 5.91 Å². The molecule has 0 aliphatic carbocycles. The molecule has 5 heteroatoms. The number of nitrogens with zero attached hydrogens (tertiary/aromatic N) is 1. The molecule has 1 aromatic carbocycles. The van der Waals surface area contributed by atoms with Gasteiger partial charge in [0.15, 0.2) is 0 Å². The second-order valence-corrected chi connectivity index (χ2v) is 4.97. The number of rotatable bonds is 5. The van der Waals surface area contributed by atoms with E-state index in [0.717, 1.165) is 10.6 Å². The molecule has 0 aromatic heterocycles. The quantitative estimate of drug-likeness (QED) is 0.833. The molecule has 1 amide bonds. The fraction of sp³-hybridized carbons (Fsp3) is 0.385. The van der Waals surface area contributed by atoms with Crippen molar-refractivity contribution in [3.8, 4) is 0 Å². The Morgan fingerprint density at radius 2 is 1.89 bits per heavy atom. The molecule has 1 rings (SSSR count). The van der Waals surface area contributed by atoms with Gasteiger partial charge < -0.3 is 10.0 Å². The highest BCUT2D eigenvalue weighted by molar-refractivity contribution is 7.98. The van der Waals surface area contributed by atoms with Crippen LogP contribution in [-0.2, 0) is 9.59 Å². The van der Waals surface area contributed by atoms with Crippen molar-refractivity contribution in [3.63, 3.8) is 0 Å². The van der Waals surface area contributed by atoms with Crippen molar-refractivity contribution in [2.75, 3.05) is 18.2 Å². The normalized spacial score (nSPS) is 11.9. The number of aliphatic carboxylic acids is 1. The summed E-state index contributed by atoms with van der Waals surface area (Å²) in [5.41, 5.74) is 0.774. The Morgan fingerprint density at radius 3 is 2.33 bits per heavy atom. The number of benzene rings is 1. The first-order chi connectivity index (χ1) is 8.45. The smallest absolute Gasteiger partial charge is 0.306 e. The SMILES string of the molecule is CSc1ccc(N(C)C(=O)CC(C)C(=O)O)cc1. The first-order valence-corrected chi connectivity index (χ1v) is 6.81. The zero-order valence-corrected chi connectivity index (χ0v) is 11.5. The van der Waals surface area contributed by atoms with Crippen LogP contribution in [-0.4, -0.2) is 30.3 Å². The van der Waals surface area contributed by atoms with E-state index in [2.05, 4.69) is 0 Å². The Balaban J connectivity index is 2.70. The number of carbonyl (C=O) groups is 2. The average molecular weight is 267 g/mol. The molecule has 0 saturated heterocycles. The molecule has 1 unspecified atom stereocenters. The van der Waals surface area contributed by atoms with Gasteiger partial charge in [-0.3, -0.25) is 9.59 Å². The fourth-order valence-electron chi connectivity index (χ4n) is 1.44. The molecule has 0 bridgehead atoms. The number of carboxylic acids is 1. The Labute approximate surface area is 111 Å². The van der Waals surface area contributed by atoms with Crippen LogP contribution in [0.4, 0.5) is 5.69 Å². The standard InChI is InChI=1S/C13H17NO3S/c1-9(13(16)17)8-12(15)14(2)10-4-6-11(18-3)7-5-10/h4-7,9H,8H2,1-3H3,(H,16,17). The Hall–Kier alpha value is -1.49. The molecule has 0 spiro atoms. The molecule has 0 radical (unpaired) electrons. The van der Waals surface area contributed by atoms with E-state index >= 15 is 0 Å². The molecular weight excluding hydrogens is 250 g/mol. The van der Waals surface area contributed by atoms with Crippen molar-refractivity contribution in [1.29, 1.82) is 0 Å². The van der Waals surface area contributed by atoms with Crippen molar-refractivity contribution in [3.05, 3.63) is 24.3 Å². The number of hydrogen-bond acceptors (Lipinski definition) is 3. The summed E-state index contributed by atoms with van der Waals surface area (Å²) < 4.78 is 0. The Bertz CT molecular complexity index is 430. The van der Waals surface area contributed by atoms with Gasteiger partial charge in [0, 0.05) is 24.1 Å². The van der Waals surface area contributed by atoms with Crippen LogP contribution in [0.2, 0.25) is 0 Å². The lowest BCUT2D eigenvalue weighted by molar-refractivity contribution is -0.143. The van der Waals surface area contributed by atoms with E-state index in [1.54, 1.807) is 18.8 Å². The second kappa shape index (κ2) is 6.44. The van der Waals surface area contributed by atoms with Gasteiger partial charge in [-0.1, -0.05) is 6.92 Å². The van der Waals surface area contributed by atoms with Crippen LogP contribution in [0.25, 0.3) is 0 Å². The zero-order chi connectivity index (χ0) is 13.7.